The van der Waals surface area contributed by atoms with E-state index in [9.17, 15) is 9.18 Å². The van der Waals surface area contributed by atoms with Gasteiger partial charge >= 0.3 is 0 Å². The highest BCUT2D eigenvalue weighted by molar-refractivity contribution is 7.98. The monoisotopic (exact) mass is 287 g/mol. The van der Waals surface area contributed by atoms with E-state index in [0.717, 1.165) is 5.56 Å². The first kappa shape index (κ1) is 14.3. The highest BCUT2D eigenvalue weighted by atomic mass is 32.2. The minimum atomic E-state index is -0.376. The Hall–Kier alpha value is -2.07. The molecule has 0 atom stereocenters. The Kier molecular flexibility index (Phi) is 4.96. The Morgan fingerprint density at radius 3 is 2.60 bits per heavy atom. The van der Waals surface area contributed by atoms with E-state index in [1.165, 1.54) is 23.1 Å². The normalized spacial score (nSPS) is 10.7. The summed E-state index contributed by atoms with van der Waals surface area (Å²) in [6, 6.07) is 13.7. The zero-order chi connectivity index (χ0) is 14.4. The SMILES string of the molecule is CSc1ccc(/C=C/C(=O)Nc2cccc(F)c2)cc1. The quantitative estimate of drug-likeness (QED) is 0.674. The molecule has 2 aromatic carbocycles. The van der Waals surface area contributed by atoms with Crippen LogP contribution in [0.1, 0.15) is 5.56 Å². The minimum absolute atomic E-state index is 0.287. The zero-order valence-electron chi connectivity index (χ0n) is 11.0. The third kappa shape index (κ3) is 4.24. The lowest BCUT2D eigenvalue weighted by Crippen LogP contribution is -2.07. The van der Waals surface area contributed by atoms with Gasteiger partial charge in [-0.15, -0.1) is 11.8 Å². The van der Waals surface area contributed by atoms with Crippen molar-refractivity contribution < 1.29 is 9.18 Å². The topological polar surface area (TPSA) is 29.1 Å². The lowest BCUT2D eigenvalue weighted by Gasteiger charge is -2.01. The lowest BCUT2D eigenvalue weighted by atomic mass is 10.2. The summed E-state index contributed by atoms with van der Waals surface area (Å²) in [6.45, 7) is 0. The van der Waals surface area contributed by atoms with Gasteiger partial charge in [-0.3, -0.25) is 4.79 Å². The lowest BCUT2D eigenvalue weighted by molar-refractivity contribution is -0.111. The van der Waals surface area contributed by atoms with E-state index in [0.29, 0.717) is 5.69 Å². The van der Waals surface area contributed by atoms with Crippen molar-refractivity contribution in [2.24, 2.45) is 0 Å². The van der Waals surface area contributed by atoms with Crippen molar-refractivity contribution >= 4 is 29.4 Å². The number of halogens is 1. The molecule has 0 aliphatic heterocycles. The summed E-state index contributed by atoms with van der Waals surface area (Å²) in [5.74, 6) is -0.663. The van der Waals surface area contributed by atoms with Crippen LogP contribution in [0.15, 0.2) is 59.5 Å². The van der Waals surface area contributed by atoms with E-state index in [4.69, 9.17) is 0 Å². The predicted octanol–water partition coefficient (Wildman–Crippen LogP) is 4.20. The predicted molar refractivity (Wildman–Crippen MR) is 82.3 cm³/mol. The third-order valence-electron chi connectivity index (χ3n) is 2.64. The number of hydrogen-bond donors (Lipinski definition) is 1. The first-order chi connectivity index (χ1) is 9.67. The molecule has 1 N–H and O–H groups in total. The molecule has 0 bridgehead atoms. The number of anilines is 1. The number of thioether (sulfide) groups is 1. The second-order valence-electron chi connectivity index (χ2n) is 4.11. The standard InChI is InChI=1S/C16H14FNOS/c1-20-15-8-5-12(6-9-15)7-10-16(19)18-14-4-2-3-13(17)11-14/h2-11H,1H3,(H,18,19)/b10-7+. The van der Waals surface area contributed by atoms with Gasteiger partial charge in [0.1, 0.15) is 5.82 Å². The summed E-state index contributed by atoms with van der Waals surface area (Å²) in [7, 11) is 0. The molecular weight excluding hydrogens is 273 g/mol. The number of rotatable bonds is 4. The Labute approximate surface area is 121 Å². The summed E-state index contributed by atoms with van der Waals surface area (Å²) in [5.41, 5.74) is 1.38. The van der Waals surface area contributed by atoms with Gasteiger partial charge in [-0.25, -0.2) is 4.39 Å². The first-order valence-corrected chi connectivity index (χ1v) is 7.28. The van der Waals surface area contributed by atoms with Gasteiger partial charge in [0.2, 0.25) is 5.91 Å². The van der Waals surface area contributed by atoms with Crippen LogP contribution in [0, 0.1) is 5.82 Å². The van der Waals surface area contributed by atoms with E-state index >= 15 is 0 Å². The maximum atomic E-state index is 13.0. The molecule has 0 fully saturated rings. The summed E-state index contributed by atoms with van der Waals surface area (Å²) >= 11 is 1.67. The Bertz CT molecular complexity index is 623. The first-order valence-electron chi connectivity index (χ1n) is 6.06. The molecule has 4 heteroatoms. The van der Waals surface area contributed by atoms with Crippen LogP contribution >= 0.6 is 11.8 Å². The fourth-order valence-corrected chi connectivity index (χ4v) is 2.05. The van der Waals surface area contributed by atoms with Gasteiger partial charge in [0.05, 0.1) is 0 Å². The maximum absolute atomic E-state index is 13.0. The molecule has 0 spiro atoms. The van der Waals surface area contributed by atoms with Crippen molar-refractivity contribution in [3.63, 3.8) is 0 Å². The fourth-order valence-electron chi connectivity index (χ4n) is 1.64. The van der Waals surface area contributed by atoms with Gasteiger partial charge in [-0.1, -0.05) is 18.2 Å². The summed E-state index contributed by atoms with van der Waals surface area (Å²) in [4.78, 5) is 12.9. The van der Waals surface area contributed by atoms with Crippen LogP contribution in [0.2, 0.25) is 0 Å². The molecule has 102 valence electrons. The van der Waals surface area contributed by atoms with Crippen molar-refractivity contribution in [1.82, 2.24) is 0 Å². The van der Waals surface area contributed by atoms with E-state index in [2.05, 4.69) is 5.32 Å². The molecule has 0 aliphatic carbocycles. The van der Waals surface area contributed by atoms with E-state index < -0.39 is 0 Å². The molecule has 2 aromatic rings. The van der Waals surface area contributed by atoms with Crippen molar-refractivity contribution in [3.8, 4) is 0 Å². The highest BCUT2D eigenvalue weighted by Gasteiger charge is 1.99. The smallest absolute Gasteiger partial charge is 0.248 e. The van der Waals surface area contributed by atoms with E-state index in [1.807, 2.05) is 30.5 Å². The number of amides is 1. The maximum Gasteiger partial charge on any atom is 0.248 e. The summed E-state index contributed by atoms with van der Waals surface area (Å²) in [5, 5.41) is 2.61. The molecule has 0 saturated carbocycles. The van der Waals surface area contributed by atoms with Crippen molar-refractivity contribution in [2.75, 3.05) is 11.6 Å². The molecule has 2 nitrogen and oxygen atoms in total. The van der Waals surface area contributed by atoms with Gasteiger partial charge in [-0.05, 0) is 48.2 Å². The van der Waals surface area contributed by atoms with Gasteiger partial charge < -0.3 is 5.32 Å². The second kappa shape index (κ2) is 6.91. The number of benzene rings is 2. The van der Waals surface area contributed by atoms with Gasteiger partial charge in [-0.2, -0.15) is 0 Å². The Morgan fingerprint density at radius 2 is 1.95 bits per heavy atom. The van der Waals surface area contributed by atoms with Crippen LogP contribution in [0.5, 0.6) is 0 Å². The molecule has 0 saturated heterocycles. The van der Waals surface area contributed by atoms with Crippen LogP contribution in [0.4, 0.5) is 10.1 Å². The number of carbonyl (C=O) groups is 1. The van der Waals surface area contributed by atoms with Gasteiger partial charge in [0.15, 0.2) is 0 Å². The fraction of sp³-hybridized carbons (Fsp3) is 0.0625. The van der Waals surface area contributed by atoms with Gasteiger partial charge in [0.25, 0.3) is 0 Å². The molecule has 0 unspecified atom stereocenters. The Balaban J connectivity index is 1.98. The second-order valence-corrected chi connectivity index (χ2v) is 4.99. The molecule has 0 radical (unpaired) electrons. The molecule has 2 rings (SSSR count). The van der Waals surface area contributed by atoms with E-state index in [1.54, 1.807) is 30.0 Å². The van der Waals surface area contributed by atoms with E-state index in [-0.39, 0.29) is 11.7 Å². The molecule has 0 aromatic heterocycles. The largest absolute Gasteiger partial charge is 0.322 e. The average Bonchev–Trinajstić information content (AvgIpc) is 2.46. The summed E-state index contributed by atoms with van der Waals surface area (Å²) < 4.78 is 13.0. The number of carbonyl (C=O) groups excluding carboxylic acids is 1. The molecule has 0 aliphatic rings. The van der Waals surface area contributed by atoms with Crippen LogP contribution in [-0.2, 0) is 4.79 Å². The van der Waals surface area contributed by atoms with Crippen LogP contribution in [0.25, 0.3) is 6.08 Å². The summed E-state index contributed by atoms with van der Waals surface area (Å²) in [6.07, 6.45) is 5.16. The Morgan fingerprint density at radius 1 is 1.20 bits per heavy atom. The third-order valence-corrected chi connectivity index (χ3v) is 3.38. The van der Waals surface area contributed by atoms with Crippen molar-refractivity contribution in [1.29, 1.82) is 0 Å². The van der Waals surface area contributed by atoms with Crippen LogP contribution in [-0.4, -0.2) is 12.2 Å². The average molecular weight is 287 g/mol. The molecular formula is C16H14FNOS. The molecule has 0 heterocycles. The van der Waals surface area contributed by atoms with Crippen molar-refractivity contribution in [3.05, 3.63) is 66.0 Å². The highest BCUT2D eigenvalue weighted by Crippen LogP contribution is 2.15. The molecule has 1 amide bonds. The molecule has 20 heavy (non-hydrogen) atoms. The van der Waals surface area contributed by atoms with Crippen LogP contribution < -0.4 is 5.32 Å². The minimum Gasteiger partial charge on any atom is -0.322 e. The van der Waals surface area contributed by atoms with Gasteiger partial charge in [0, 0.05) is 16.7 Å². The number of nitrogens with one attached hydrogen (secondary N) is 1. The van der Waals surface area contributed by atoms with Crippen LogP contribution in [0.3, 0.4) is 0 Å². The van der Waals surface area contributed by atoms with Crippen molar-refractivity contribution in [2.45, 2.75) is 4.90 Å². The zero-order valence-corrected chi connectivity index (χ0v) is 11.8. The number of hydrogen-bond acceptors (Lipinski definition) is 2.